The van der Waals surface area contributed by atoms with E-state index in [1.54, 1.807) is 0 Å². The third-order valence-corrected chi connectivity index (χ3v) is 4.59. The van der Waals surface area contributed by atoms with Crippen LogP contribution in [0.3, 0.4) is 0 Å². The molecule has 0 aliphatic heterocycles. The topological polar surface area (TPSA) is 152 Å². The van der Waals surface area contributed by atoms with Crippen molar-refractivity contribution in [3.63, 3.8) is 0 Å². The molecule has 0 unspecified atom stereocenters. The molecule has 0 fully saturated rings. The van der Waals surface area contributed by atoms with E-state index in [2.05, 4.69) is 0 Å². The van der Waals surface area contributed by atoms with Crippen molar-refractivity contribution >= 4 is 43.0 Å². The molecule has 0 aliphatic carbocycles. The van der Waals surface area contributed by atoms with Crippen molar-refractivity contribution in [2.45, 2.75) is 9.79 Å². The van der Waals surface area contributed by atoms with Gasteiger partial charge in [0.2, 0.25) is 0 Å². The Kier molecular flexibility index (Phi) is 3.49. The maximum absolute atomic E-state index is 11.2. The average Bonchev–Trinajstić information content (AvgIpc) is 2.35. The molecule has 0 radical (unpaired) electrons. The second-order valence-electron chi connectivity index (χ2n) is 4.15. The van der Waals surface area contributed by atoms with Crippen molar-refractivity contribution in [2.24, 2.45) is 0 Å². The predicted octanol–water partition coefficient (Wildman–Crippen LogP) is 0.728. The maximum atomic E-state index is 11.2. The van der Waals surface area contributed by atoms with Gasteiger partial charge < -0.3 is 5.73 Å². The molecule has 0 atom stereocenters. The second kappa shape index (κ2) is 4.77. The minimum absolute atomic E-state index is 0.0950. The number of hydrogen-bond acceptors (Lipinski definition) is 6. The Labute approximate surface area is 119 Å². The van der Waals surface area contributed by atoms with Crippen LogP contribution in [0.15, 0.2) is 34.1 Å². The summed E-state index contributed by atoms with van der Waals surface area (Å²) in [7, 11) is -9.24. The molecule has 2 aromatic rings. The van der Waals surface area contributed by atoms with Crippen LogP contribution in [0.1, 0.15) is 10.4 Å². The summed E-state index contributed by atoms with van der Waals surface area (Å²) in [4.78, 5) is 9.77. The molecule has 0 amide bonds. The number of nitrogen functional groups attached to an aromatic ring is 1. The number of benzene rings is 2. The molecule has 8 nitrogen and oxygen atoms in total. The monoisotopic (exact) mass is 331 g/mol. The highest BCUT2D eigenvalue weighted by atomic mass is 32.2. The molecule has 112 valence electrons. The molecule has 21 heavy (non-hydrogen) atoms. The van der Waals surface area contributed by atoms with Gasteiger partial charge in [0, 0.05) is 10.9 Å². The van der Waals surface area contributed by atoms with Crippen LogP contribution in [-0.4, -0.2) is 32.2 Å². The van der Waals surface area contributed by atoms with E-state index >= 15 is 0 Å². The average molecular weight is 331 g/mol. The highest BCUT2D eigenvalue weighted by Crippen LogP contribution is 2.31. The van der Waals surface area contributed by atoms with Crippen molar-refractivity contribution in [3.05, 3.63) is 29.8 Å². The largest absolute Gasteiger partial charge is 0.397 e. The Morgan fingerprint density at radius 2 is 1.57 bits per heavy atom. The highest BCUT2D eigenvalue weighted by molar-refractivity contribution is 7.86. The van der Waals surface area contributed by atoms with Crippen LogP contribution in [-0.2, 0) is 20.2 Å². The number of carbonyl (C=O) groups is 1. The van der Waals surface area contributed by atoms with E-state index in [0.29, 0.717) is 6.29 Å². The Balaban J connectivity index is 3.02. The lowest BCUT2D eigenvalue weighted by Crippen LogP contribution is -2.05. The van der Waals surface area contributed by atoms with E-state index < -0.39 is 35.7 Å². The summed E-state index contributed by atoms with van der Waals surface area (Å²) in [5, 5.41) is 0.0876. The number of rotatable bonds is 3. The van der Waals surface area contributed by atoms with Gasteiger partial charge in [-0.15, -0.1) is 0 Å². The molecule has 4 N–H and O–H groups in total. The Hall–Kier alpha value is -2.01. The van der Waals surface area contributed by atoms with Gasteiger partial charge in [-0.25, -0.2) is 0 Å². The number of hydrogen-bond donors (Lipinski definition) is 3. The first-order valence-electron chi connectivity index (χ1n) is 5.32. The van der Waals surface area contributed by atoms with E-state index in [-0.39, 0.29) is 16.3 Å². The summed E-state index contributed by atoms with van der Waals surface area (Å²) in [5.41, 5.74) is 5.08. The molecule has 10 heteroatoms. The van der Waals surface area contributed by atoms with Crippen molar-refractivity contribution in [1.82, 2.24) is 0 Å². The molecule has 0 aliphatic rings. The van der Waals surface area contributed by atoms with Crippen LogP contribution in [0.5, 0.6) is 0 Å². The van der Waals surface area contributed by atoms with Crippen LogP contribution in [0, 0.1) is 0 Å². The summed E-state index contributed by atoms with van der Waals surface area (Å²) >= 11 is 0. The van der Waals surface area contributed by atoms with Crippen molar-refractivity contribution in [2.75, 3.05) is 5.73 Å². The third-order valence-electron chi connectivity index (χ3n) is 2.85. The van der Waals surface area contributed by atoms with Gasteiger partial charge in [-0.3, -0.25) is 13.9 Å². The lowest BCUT2D eigenvalue weighted by molar-refractivity contribution is 0.112. The normalized spacial score (nSPS) is 12.5. The predicted molar refractivity (Wildman–Crippen MR) is 73.4 cm³/mol. The summed E-state index contributed by atoms with van der Waals surface area (Å²) in [6.45, 7) is 0. The minimum Gasteiger partial charge on any atom is -0.397 e. The minimum atomic E-state index is -4.62. The van der Waals surface area contributed by atoms with Gasteiger partial charge in [0.25, 0.3) is 20.2 Å². The van der Waals surface area contributed by atoms with E-state index in [1.165, 1.54) is 6.07 Å². The molecule has 0 aromatic heterocycles. The molecule has 2 rings (SSSR count). The SMILES string of the molecule is Nc1c(S(=O)(=O)O)ccc2c(C=O)cc(S(=O)(=O)O)cc12. The Morgan fingerprint density at radius 3 is 2.05 bits per heavy atom. The first-order chi connectivity index (χ1) is 9.55. The summed E-state index contributed by atoms with van der Waals surface area (Å²) < 4.78 is 62.8. The lowest BCUT2D eigenvalue weighted by Gasteiger charge is -2.10. The molecule has 0 saturated carbocycles. The first kappa shape index (κ1) is 15.4. The number of anilines is 1. The molecule has 0 spiro atoms. The fourth-order valence-electron chi connectivity index (χ4n) is 1.91. The zero-order valence-corrected chi connectivity index (χ0v) is 11.8. The zero-order valence-electron chi connectivity index (χ0n) is 10.2. The van der Waals surface area contributed by atoms with Crippen LogP contribution >= 0.6 is 0 Å². The van der Waals surface area contributed by atoms with Gasteiger partial charge in [0.1, 0.15) is 4.90 Å². The second-order valence-corrected chi connectivity index (χ2v) is 6.96. The van der Waals surface area contributed by atoms with Crippen molar-refractivity contribution in [3.8, 4) is 0 Å². The van der Waals surface area contributed by atoms with Gasteiger partial charge in [-0.1, -0.05) is 6.07 Å². The molecule has 2 aromatic carbocycles. The molecule has 0 heterocycles. The third kappa shape index (κ3) is 2.74. The van der Waals surface area contributed by atoms with Gasteiger partial charge in [0.15, 0.2) is 6.29 Å². The number of nitrogens with two attached hydrogens (primary N) is 1. The van der Waals surface area contributed by atoms with E-state index in [1.807, 2.05) is 0 Å². The van der Waals surface area contributed by atoms with Crippen molar-refractivity contribution in [1.29, 1.82) is 0 Å². The molecular formula is C11H9NO7S2. The first-order valence-corrected chi connectivity index (χ1v) is 8.20. The standard InChI is InChI=1S/C11H9NO7S2/c12-11-9-4-7(20(14,15)16)3-6(5-13)8(9)1-2-10(11)21(17,18)19/h1-5H,12H2,(H,14,15,16)(H,17,18,19). The fraction of sp³-hybridized carbons (Fsp3) is 0. The maximum Gasteiger partial charge on any atom is 0.296 e. The van der Waals surface area contributed by atoms with Gasteiger partial charge >= 0.3 is 0 Å². The van der Waals surface area contributed by atoms with E-state index in [0.717, 1.165) is 18.2 Å². The molecule has 0 saturated heterocycles. The number of fused-ring (bicyclic) bond motifs is 1. The Bertz CT molecular complexity index is 962. The zero-order chi connectivity index (χ0) is 16.0. The fourth-order valence-corrected chi connectivity index (χ4v) is 3.08. The van der Waals surface area contributed by atoms with Gasteiger partial charge in [-0.05, 0) is 23.6 Å². The van der Waals surface area contributed by atoms with Gasteiger partial charge in [-0.2, -0.15) is 16.8 Å². The summed E-state index contributed by atoms with van der Waals surface area (Å²) in [5.74, 6) is 0. The van der Waals surface area contributed by atoms with Gasteiger partial charge in [0.05, 0.1) is 10.6 Å². The van der Waals surface area contributed by atoms with Crippen LogP contribution < -0.4 is 5.73 Å². The summed E-state index contributed by atoms with van der Waals surface area (Å²) in [6, 6.07) is 4.04. The highest BCUT2D eigenvalue weighted by Gasteiger charge is 2.20. The number of carbonyl (C=O) groups excluding carboxylic acids is 1. The van der Waals surface area contributed by atoms with Crippen LogP contribution in [0.2, 0.25) is 0 Å². The van der Waals surface area contributed by atoms with E-state index in [4.69, 9.17) is 14.8 Å². The molecular weight excluding hydrogens is 322 g/mol. The summed E-state index contributed by atoms with van der Waals surface area (Å²) in [6.07, 6.45) is 0.337. The lowest BCUT2D eigenvalue weighted by atomic mass is 10.0. The van der Waals surface area contributed by atoms with Crippen LogP contribution in [0.25, 0.3) is 10.8 Å². The number of aldehydes is 1. The quantitative estimate of drug-likeness (QED) is 0.423. The Morgan fingerprint density at radius 1 is 0.952 bits per heavy atom. The molecule has 0 bridgehead atoms. The van der Waals surface area contributed by atoms with Crippen molar-refractivity contribution < 1.29 is 30.7 Å². The van der Waals surface area contributed by atoms with Crippen LogP contribution in [0.4, 0.5) is 5.69 Å². The smallest absolute Gasteiger partial charge is 0.296 e. The van der Waals surface area contributed by atoms with E-state index in [9.17, 15) is 21.6 Å².